The topological polar surface area (TPSA) is 93.5 Å². The summed E-state index contributed by atoms with van der Waals surface area (Å²) < 4.78 is 56.8. The first kappa shape index (κ1) is 26.3. The van der Waals surface area contributed by atoms with Crippen LogP contribution in [0.2, 0.25) is 5.02 Å². The van der Waals surface area contributed by atoms with Gasteiger partial charge in [-0.05, 0) is 48.4 Å². The van der Waals surface area contributed by atoms with Gasteiger partial charge in [0.2, 0.25) is 16.0 Å². The first-order chi connectivity index (χ1) is 18.1. The monoisotopic (exact) mass is 562 g/mol. The van der Waals surface area contributed by atoms with Gasteiger partial charge in [-0.2, -0.15) is 13.1 Å². The van der Waals surface area contributed by atoms with Crippen molar-refractivity contribution in [3.05, 3.63) is 65.2 Å². The number of anilines is 1. The molecule has 0 unspecified atom stereocenters. The van der Waals surface area contributed by atoms with Crippen molar-refractivity contribution < 1.29 is 21.9 Å². The van der Waals surface area contributed by atoms with Crippen molar-refractivity contribution >= 4 is 38.6 Å². The van der Waals surface area contributed by atoms with E-state index in [0.717, 1.165) is 28.0 Å². The van der Waals surface area contributed by atoms with Gasteiger partial charge in [0.15, 0.2) is 0 Å². The molecule has 1 fully saturated rings. The molecule has 0 bridgehead atoms. The molecule has 200 valence electrons. The highest BCUT2D eigenvalue weighted by atomic mass is 35.5. The van der Waals surface area contributed by atoms with Gasteiger partial charge in [0.25, 0.3) is 0 Å². The van der Waals surface area contributed by atoms with E-state index in [4.69, 9.17) is 11.6 Å². The summed E-state index contributed by atoms with van der Waals surface area (Å²) >= 11 is 6.36. The van der Waals surface area contributed by atoms with Gasteiger partial charge in [-0.25, -0.2) is 23.4 Å². The fourth-order valence-corrected chi connectivity index (χ4v) is 5.50. The standard InChI is InChI=1S/C25H25ClF2N6O3S/c1-16-31-22-6-3-17(12-23(22)34(16)15-18-11-20(37-24(27)28)4-5-21(18)26)19-13-29-25(30-14-19)32-7-9-33(10-8-32)38(2,35)36/h3-6,11-14,24H,7-10,15H2,1-2H3. The number of aromatic nitrogens is 4. The summed E-state index contributed by atoms with van der Waals surface area (Å²) in [6.07, 6.45) is 4.69. The highest BCUT2D eigenvalue weighted by Gasteiger charge is 2.24. The second kappa shape index (κ2) is 10.4. The summed E-state index contributed by atoms with van der Waals surface area (Å²) in [5, 5.41) is 0.436. The highest BCUT2D eigenvalue weighted by molar-refractivity contribution is 7.88. The quantitative estimate of drug-likeness (QED) is 0.333. The maximum absolute atomic E-state index is 12.7. The number of rotatable bonds is 7. The lowest BCUT2D eigenvalue weighted by Crippen LogP contribution is -2.48. The molecule has 2 aromatic carbocycles. The Hall–Kier alpha value is -3.35. The molecular formula is C25H25ClF2N6O3S. The minimum absolute atomic E-state index is 0.0390. The summed E-state index contributed by atoms with van der Waals surface area (Å²) in [6, 6.07) is 10.3. The Labute approximate surface area is 223 Å². The van der Waals surface area contributed by atoms with E-state index in [-0.39, 0.29) is 5.75 Å². The highest BCUT2D eigenvalue weighted by Crippen LogP contribution is 2.29. The van der Waals surface area contributed by atoms with Gasteiger partial charge in [0.1, 0.15) is 11.6 Å². The second-order valence-electron chi connectivity index (χ2n) is 9.00. The normalized spacial score (nSPS) is 14.9. The zero-order valence-electron chi connectivity index (χ0n) is 20.7. The molecule has 0 saturated carbocycles. The average Bonchev–Trinajstić information content (AvgIpc) is 3.19. The number of nitrogens with zero attached hydrogens (tertiary/aromatic N) is 6. The third kappa shape index (κ3) is 5.57. The number of sulfonamides is 1. The zero-order valence-corrected chi connectivity index (χ0v) is 22.3. The largest absolute Gasteiger partial charge is 0.435 e. The van der Waals surface area contributed by atoms with Gasteiger partial charge < -0.3 is 14.2 Å². The second-order valence-corrected chi connectivity index (χ2v) is 11.4. The van der Waals surface area contributed by atoms with Crippen molar-refractivity contribution in [2.45, 2.75) is 20.1 Å². The predicted octanol–water partition coefficient (Wildman–Crippen LogP) is 4.19. The molecule has 1 aliphatic rings. The Bertz CT molecular complexity index is 1570. The van der Waals surface area contributed by atoms with Crippen LogP contribution in [0.3, 0.4) is 0 Å². The number of piperazine rings is 1. The Balaban J connectivity index is 1.38. The van der Waals surface area contributed by atoms with Crippen LogP contribution in [-0.4, -0.2) is 71.3 Å². The van der Waals surface area contributed by atoms with Crippen molar-refractivity contribution in [1.82, 2.24) is 23.8 Å². The minimum atomic E-state index is -3.21. The fourth-order valence-electron chi connectivity index (χ4n) is 4.49. The minimum Gasteiger partial charge on any atom is -0.435 e. The molecule has 0 N–H and O–H groups in total. The predicted molar refractivity (Wildman–Crippen MR) is 141 cm³/mol. The molecule has 5 rings (SSSR count). The van der Waals surface area contributed by atoms with Crippen LogP contribution >= 0.6 is 11.6 Å². The summed E-state index contributed by atoms with van der Waals surface area (Å²) in [7, 11) is -3.21. The van der Waals surface area contributed by atoms with Gasteiger partial charge in [-0.3, -0.25) is 0 Å². The number of fused-ring (bicyclic) bond motifs is 1. The van der Waals surface area contributed by atoms with E-state index < -0.39 is 16.6 Å². The lowest BCUT2D eigenvalue weighted by molar-refractivity contribution is -0.0498. The third-order valence-electron chi connectivity index (χ3n) is 6.47. The van der Waals surface area contributed by atoms with E-state index in [2.05, 4.69) is 19.7 Å². The Morgan fingerprint density at radius 3 is 2.39 bits per heavy atom. The molecular weight excluding hydrogens is 538 g/mol. The van der Waals surface area contributed by atoms with Crippen molar-refractivity contribution in [3.8, 4) is 16.9 Å². The molecule has 1 aliphatic heterocycles. The number of hydrogen-bond acceptors (Lipinski definition) is 7. The molecule has 13 heteroatoms. The maximum atomic E-state index is 12.7. The molecule has 2 aromatic heterocycles. The first-order valence-corrected chi connectivity index (χ1v) is 14.0. The molecule has 0 spiro atoms. The number of hydrogen-bond donors (Lipinski definition) is 0. The number of ether oxygens (including phenoxy) is 1. The molecule has 0 amide bonds. The van der Waals surface area contributed by atoms with E-state index in [1.807, 2.05) is 34.6 Å². The van der Waals surface area contributed by atoms with E-state index in [0.29, 0.717) is 49.3 Å². The fraction of sp³-hybridized carbons (Fsp3) is 0.320. The van der Waals surface area contributed by atoms with Crippen LogP contribution in [0.1, 0.15) is 11.4 Å². The summed E-state index contributed by atoms with van der Waals surface area (Å²) in [5.41, 5.74) is 3.94. The first-order valence-electron chi connectivity index (χ1n) is 11.8. The van der Waals surface area contributed by atoms with E-state index in [1.54, 1.807) is 12.4 Å². The number of halogens is 3. The molecule has 0 radical (unpaired) electrons. The van der Waals surface area contributed by atoms with Crippen molar-refractivity contribution in [1.29, 1.82) is 0 Å². The van der Waals surface area contributed by atoms with Gasteiger partial charge in [-0.1, -0.05) is 17.7 Å². The van der Waals surface area contributed by atoms with Crippen molar-refractivity contribution in [2.75, 3.05) is 37.3 Å². The van der Waals surface area contributed by atoms with Crippen LogP contribution in [0.15, 0.2) is 48.8 Å². The number of aryl methyl sites for hydroxylation is 1. The van der Waals surface area contributed by atoms with Crippen LogP contribution in [0.25, 0.3) is 22.2 Å². The number of imidazole rings is 1. The Morgan fingerprint density at radius 1 is 1.03 bits per heavy atom. The van der Waals surface area contributed by atoms with E-state index in [9.17, 15) is 17.2 Å². The van der Waals surface area contributed by atoms with Crippen LogP contribution in [-0.2, 0) is 16.6 Å². The third-order valence-corrected chi connectivity index (χ3v) is 8.14. The maximum Gasteiger partial charge on any atom is 0.387 e. The van der Waals surface area contributed by atoms with Crippen LogP contribution in [0.5, 0.6) is 5.75 Å². The average molecular weight is 563 g/mol. The molecule has 1 saturated heterocycles. The van der Waals surface area contributed by atoms with Gasteiger partial charge >= 0.3 is 6.61 Å². The molecule has 0 aliphatic carbocycles. The van der Waals surface area contributed by atoms with Gasteiger partial charge in [-0.15, -0.1) is 0 Å². The molecule has 9 nitrogen and oxygen atoms in total. The van der Waals surface area contributed by atoms with Crippen LogP contribution in [0, 0.1) is 6.92 Å². The SMILES string of the molecule is Cc1nc2ccc(-c3cnc(N4CCN(S(C)(=O)=O)CC4)nc3)cc2n1Cc1cc(OC(F)F)ccc1Cl. The summed E-state index contributed by atoms with van der Waals surface area (Å²) in [4.78, 5) is 15.6. The van der Waals surface area contributed by atoms with E-state index >= 15 is 0 Å². The smallest absolute Gasteiger partial charge is 0.387 e. The number of alkyl halides is 2. The summed E-state index contributed by atoms with van der Waals surface area (Å²) in [5.74, 6) is 1.33. The summed E-state index contributed by atoms with van der Waals surface area (Å²) in [6.45, 7) is 1.09. The molecule has 0 atom stereocenters. The lowest BCUT2D eigenvalue weighted by atomic mass is 10.1. The number of benzene rings is 2. The zero-order chi connectivity index (χ0) is 27.0. The lowest BCUT2D eigenvalue weighted by Gasteiger charge is -2.33. The molecule has 3 heterocycles. The Morgan fingerprint density at radius 2 is 1.74 bits per heavy atom. The molecule has 4 aromatic rings. The molecule has 38 heavy (non-hydrogen) atoms. The van der Waals surface area contributed by atoms with Crippen molar-refractivity contribution in [2.24, 2.45) is 0 Å². The van der Waals surface area contributed by atoms with E-state index in [1.165, 1.54) is 28.8 Å². The van der Waals surface area contributed by atoms with Crippen LogP contribution < -0.4 is 9.64 Å². The van der Waals surface area contributed by atoms with Crippen molar-refractivity contribution in [3.63, 3.8) is 0 Å². The van der Waals surface area contributed by atoms with Crippen LogP contribution in [0.4, 0.5) is 14.7 Å². The van der Waals surface area contributed by atoms with Gasteiger partial charge in [0.05, 0.1) is 23.8 Å². The Kier molecular flexibility index (Phi) is 7.21. The van der Waals surface area contributed by atoms with Gasteiger partial charge in [0, 0.05) is 49.2 Å².